The van der Waals surface area contributed by atoms with Crippen LogP contribution in [0.4, 0.5) is 0 Å². The maximum Gasteiger partial charge on any atom is 0.0702 e. The van der Waals surface area contributed by atoms with E-state index in [-0.39, 0.29) is 0 Å². The molecule has 0 spiro atoms. The second-order valence-corrected chi connectivity index (χ2v) is 4.91. The first-order chi connectivity index (χ1) is 8.93. The van der Waals surface area contributed by atoms with Crippen LogP contribution in [0.2, 0.25) is 0 Å². The highest BCUT2D eigenvalue weighted by Gasteiger charge is 2.07. The number of rotatable bonds is 1. The van der Waals surface area contributed by atoms with Crippen LogP contribution in [-0.4, -0.2) is 17.2 Å². The topological polar surface area (TPSA) is 25.2 Å². The van der Waals surface area contributed by atoms with Crippen LogP contribution >= 0.6 is 0 Å². The minimum atomic E-state index is 0.974. The molecule has 3 rings (SSSR count). The highest BCUT2D eigenvalue weighted by atomic mass is 14.7. The van der Waals surface area contributed by atoms with Gasteiger partial charge in [-0.05, 0) is 31.4 Å². The summed E-state index contributed by atoms with van der Waals surface area (Å²) in [6.45, 7) is 0.974. The van der Waals surface area contributed by atoms with Crippen molar-refractivity contribution < 1.29 is 0 Å². The van der Waals surface area contributed by atoms with Gasteiger partial charge in [0.25, 0.3) is 0 Å². The van der Waals surface area contributed by atoms with E-state index < -0.39 is 0 Å². The van der Waals surface area contributed by atoms with Crippen LogP contribution in [0.1, 0.15) is 37.7 Å². The van der Waals surface area contributed by atoms with E-state index in [1.54, 1.807) is 0 Å². The molecule has 0 fully saturated rings. The van der Waals surface area contributed by atoms with E-state index >= 15 is 0 Å². The largest absolute Gasteiger partial charge is 0.289 e. The lowest BCUT2D eigenvalue weighted by Crippen LogP contribution is -2.05. The molecule has 0 amide bonds. The van der Waals surface area contributed by atoms with E-state index in [1.165, 1.54) is 42.3 Å². The molecule has 0 radical (unpaired) electrons. The van der Waals surface area contributed by atoms with E-state index in [2.05, 4.69) is 29.2 Å². The van der Waals surface area contributed by atoms with Gasteiger partial charge in [-0.3, -0.25) is 9.98 Å². The van der Waals surface area contributed by atoms with Crippen molar-refractivity contribution in [2.24, 2.45) is 4.99 Å². The SMILES string of the molecule is c1ccc2ncc(C3=NCCCCCC3)cc2c1. The van der Waals surface area contributed by atoms with Gasteiger partial charge in [-0.2, -0.15) is 0 Å². The third-order valence-corrected chi connectivity index (χ3v) is 3.55. The molecule has 1 aliphatic rings. The lowest BCUT2D eigenvalue weighted by atomic mass is 10.0. The third-order valence-electron chi connectivity index (χ3n) is 3.55. The first-order valence-electron chi connectivity index (χ1n) is 6.82. The summed E-state index contributed by atoms with van der Waals surface area (Å²) in [5, 5.41) is 1.21. The molecule has 1 aromatic heterocycles. The molecule has 18 heavy (non-hydrogen) atoms. The number of pyridine rings is 1. The average Bonchev–Trinajstić information content (AvgIpc) is 2.38. The van der Waals surface area contributed by atoms with E-state index in [0.717, 1.165) is 18.5 Å². The van der Waals surface area contributed by atoms with Crippen molar-refractivity contribution in [3.63, 3.8) is 0 Å². The number of aromatic nitrogens is 1. The number of para-hydroxylation sites is 1. The lowest BCUT2D eigenvalue weighted by molar-refractivity contribution is 0.644. The molecule has 0 aliphatic carbocycles. The first-order valence-corrected chi connectivity index (χ1v) is 6.82. The first kappa shape index (κ1) is 11.4. The second kappa shape index (κ2) is 5.30. The zero-order valence-electron chi connectivity index (χ0n) is 10.6. The Bertz CT molecular complexity index is 572. The molecule has 0 unspecified atom stereocenters. The molecule has 1 aliphatic heterocycles. The lowest BCUT2D eigenvalue weighted by Gasteiger charge is -2.11. The smallest absolute Gasteiger partial charge is 0.0702 e. The van der Waals surface area contributed by atoms with Gasteiger partial charge in [-0.25, -0.2) is 0 Å². The quantitative estimate of drug-likeness (QED) is 0.737. The monoisotopic (exact) mass is 238 g/mol. The summed E-state index contributed by atoms with van der Waals surface area (Å²) >= 11 is 0. The molecule has 2 heterocycles. The minimum absolute atomic E-state index is 0.974. The van der Waals surface area contributed by atoms with E-state index in [9.17, 15) is 0 Å². The van der Waals surface area contributed by atoms with Crippen LogP contribution in [0.5, 0.6) is 0 Å². The molecule has 0 saturated carbocycles. The van der Waals surface area contributed by atoms with E-state index in [4.69, 9.17) is 4.99 Å². The van der Waals surface area contributed by atoms with Crippen molar-refractivity contribution in [2.75, 3.05) is 6.54 Å². The molecule has 0 saturated heterocycles. The Morgan fingerprint density at radius 3 is 2.83 bits per heavy atom. The summed E-state index contributed by atoms with van der Waals surface area (Å²) in [6.07, 6.45) is 8.21. The van der Waals surface area contributed by atoms with Gasteiger partial charge in [0.15, 0.2) is 0 Å². The highest BCUT2D eigenvalue weighted by Crippen LogP contribution is 2.17. The molecule has 2 heteroatoms. The zero-order valence-corrected chi connectivity index (χ0v) is 10.6. The standard InChI is InChI=1S/C16H18N2/c1-2-6-10-17-16(8-3-1)14-11-13-7-4-5-9-15(13)18-12-14/h4-5,7,9,11-12H,1-3,6,8,10H2. The van der Waals surface area contributed by atoms with Crippen molar-refractivity contribution in [3.8, 4) is 0 Å². The molecule has 92 valence electrons. The van der Waals surface area contributed by atoms with Gasteiger partial charge < -0.3 is 0 Å². The van der Waals surface area contributed by atoms with E-state index in [0.29, 0.717) is 0 Å². The summed E-state index contributed by atoms with van der Waals surface area (Å²) in [5.74, 6) is 0. The number of fused-ring (bicyclic) bond motifs is 1. The third kappa shape index (κ3) is 2.42. The van der Waals surface area contributed by atoms with Gasteiger partial charge in [-0.15, -0.1) is 0 Å². The summed E-state index contributed by atoms with van der Waals surface area (Å²) in [6, 6.07) is 10.5. The fourth-order valence-electron chi connectivity index (χ4n) is 2.52. The summed E-state index contributed by atoms with van der Waals surface area (Å²) in [7, 11) is 0. The fraction of sp³-hybridized carbons (Fsp3) is 0.375. The number of hydrogen-bond donors (Lipinski definition) is 0. The molecular formula is C16H18N2. The fourth-order valence-corrected chi connectivity index (χ4v) is 2.52. The molecule has 0 N–H and O–H groups in total. The predicted octanol–water partition coefficient (Wildman–Crippen LogP) is 3.99. The Balaban J connectivity index is 1.97. The maximum absolute atomic E-state index is 4.74. The Morgan fingerprint density at radius 1 is 0.944 bits per heavy atom. The van der Waals surface area contributed by atoms with Gasteiger partial charge in [0.1, 0.15) is 0 Å². The van der Waals surface area contributed by atoms with Crippen molar-refractivity contribution in [3.05, 3.63) is 42.1 Å². The van der Waals surface area contributed by atoms with Gasteiger partial charge >= 0.3 is 0 Å². The summed E-state index contributed by atoms with van der Waals surface area (Å²) < 4.78 is 0. The summed E-state index contributed by atoms with van der Waals surface area (Å²) in [5.41, 5.74) is 3.51. The van der Waals surface area contributed by atoms with E-state index in [1.807, 2.05) is 12.3 Å². The average molecular weight is 238 g/mol. The Hall–Kier alpha value is -1.70. The van der Waals surface area contributed by atoms with Gasteiger partial charge in [0, 0.05) is 29.4 Å². The molecule has 0 bridgehead atoms. The zero-order chi connectivity index (χ0) is 12.2. The molecule has 1 aromatic carbocycles. The van der Waals surface area contributed by atoms with Gasteiger partial charge in [0.05, 0.1) is 5.52 Å². The molecule has 2 aromatic rings. The van der Waals surface area contributed by atoms with Crippen molar-refractivity contribution in [2.45, 2.75) is 32.1 Å². The predicted molar refractivity (Wildman–Crippen MR) is 76.2 cm³/mol. The number of benzene rings is 1. The summed E-state index contributed by atoms with van der Waals surface area (Å²) in [4.78, 5) is 9.27. The highest BCUT2D eigenvalue weighted by molar-refractivity contribution is 6.02. The minimum Gasteiger partial charge on any atom is -0.289 e. The maximum atomic E-state index is 4.74. The van der Waals surface area contributed by atoms with Crippen molar-refractivity contribution in [1.29, 1.82) is 0 Å². The number of aliphatic imine (C=N–C) groups is 1. The van der Waals surface area contributed by atoms with Crippen LogP contribution < -0.4 is 0 Å². The normalized spacial score (nSPS) is 17.0. The Morgan fingerprint density at radius 2 is 1.83 bits per heavy atom. The van der Waals surface area contributed by atoms with Crippen LogP contribution in [0.25, 0.3) is 10.9 Å². The van der Waals surface area contributed by atoms with Crippen LogP contribution in [0.15, 0.2) is 41.5 Å². The number of hydrogen-bond acceptors (Lipinski definition) is 2. The Kier molecular flexibility index (Phi) is 3.35. The molecular weight excluding hydrogens is 220 g/mol. The van der Waals surface area contributed by atoms with Crippen LogP contribution in [0, 0.1) is 0 Å². The second-order valence-electron chi connectivity index (χ2n) is 4.91. The van der Waals surface area contributed by atoms with Gasteiger partial charge in [-0.1, -0.05) is 31.0 Å². The van der Waals surface area contributed by atoms with Gasteiger partial charge in [0.2, 0.25) is 0 Å². The Labute approximate surface area is 108 Å². The molecule has 2 nitrogen and oxygen atoms in total. The van der Waals surface area contributed by atoms with Crippen LogP contribution in [0.3, 0.4) is 0 Å². The van der Waals surface area contributed by atoms with Crippen molar-refractivity contribution in [1.82, 2.24) is 4.98 Å². The molecule has 0 atom stereocenters. The van der Waals surface area contributed by atoms with Crippen molar-refractivity contribution >= 4 is 16.6 Å². The number of nitrogens with zero attached hydrogens (tertiary/aromatic N) is 2. The van der Waals surface area contributed by atoms with Crippen LogP contribution in [-0.2, 0) is 0 Å².